The zero-order chi connectivity index (χ0) is 18.4. The number of carbonyl (C=O) groups is 1. The lowest BCUT2D eigenvalue weighted by Crippen LogP contribution is -2.31. The fourth-order valence-electron chi connectivity index (χ4n) is 2.78. The third kappa shape index (κ3) is 5.03. The van der Waals surface area contributed by atoms with Crippen molar-refractivity contribution in [1.29, 1.82) is 0 Å². The van der Waals surface area contributed by atoms with Gasteiger partial charge in [-0.2, -0.15) is 4.31 Å². The highest BCUT2D eigenvalue weighted by Gasteiger charge is 2.26. The smallest absolute Gasteiger partial charge is 0.252 e. The fraction of sp³-hybridized carbons (Fsp3) is 0.389. The number of thiophene rings is 2. The number of hydrogen-bond donors (Lipinski definition) is 1. The van der Waals surface area contributed by atoms with Crippen LogP contribution in [0.3, 0.4) is 0 Å². The van der Waals surface area contributed by atoms with E-state index < -0.39 is 10.0 Å². The van der Waals surface area contributed by atoms with Crippen molar-refractivity contribution in [2.45, 2.75) is 36.4 Å². The van der Waals surface area contributed by atoms with Crippen molar-refractivity contribution >= 4 is 44.7 Å². The van der Waals surface area contributed by atoms with Gasteiger partial charge in [-0.3, -0.25) is 4.79 Å². The molecule has 1 aliphatic rings. The predicted molar refractivity (Wildman–Crippen MR) is 107 cm³/mol. The standard InChI is InChI=1S/C18H22N2O3S3/c21-17(9-7-15-6-5-13-24-15)19-14-16-8-10-18(25-16)26(22,23)20-11-3-1-2-4-12-20/h5-10,13H,1-4,11-12,14H2,(H,19,21)/b9-7+. The molecule has 0 aliphatic carbocycles. The molecule has 1 saturated heterocycles. The van der Waals surface area contributed by atoms with Gasteiger partial charge in [-0.25, -0.2) is 8.42 Å². The van der Waals surface area contributed by atoms with Crippen molar-refractivity contribution in [3.8, 4) is 0 Å². The summed E-state index contributed by atoms with van der Waals surface area (Å²) in [5.74, 6) is -0.191. The van der Waals surface area contributed by atoms with Crippen LogP contribution in [0, 0.1) is 0 Å². The van der Waals surface area contributed by atoms with Crippen LogP contribution in [0.1, 0.15) is 35.4 Å². The van der Waals surface area contributed by atoms with E-state index in [2.05, 4.69) is 5.32 Å². The molecule has 2 aromatic heterocycles. The molecule has 1 fully saturated rings. The van der Waals surface area contributed by atoms with Gasteiger partial charge in [0, 0.05) is 28.9 Å². The number of nitrogens with one attached hydrogen (secondary N) is 1. The Morgan fingerprint density at radius 2 is 1.92 bits per heavy atom. The Morgan fingerprint density at radius 3 is 2.62 bits per heavy atom. The molecular formula is C18H22N2O3S3. The third-order valence-electron chi connectivity index (χ3n) is 4.18. The van der Waals surface area contributed by atoms with Gasteiger partial charge in [0.1, 0.15) is 4.21 Å². The summed E-state index contributed by atoms with van der Waals surface area (Å²) >= 11 is 2.80. The SMILES string of the molecule is O=C(/C=C/c1cccs1)NCc1ccc(S(=O)(=O)N2CCCCCC2)s1. The Labute approximate surface area is 162 Å². The Hall–Kier alpha value is -1.48. The lowest BCUT2D eigenvalue weighted by molar-refractivity contribution is -0.116. The van der Waals surface area contributed by atoms with E-state index in [4.69, 9.17) is 0 Å². The molecule has 5 nitrogen and oxygen atoms in total. The van der Waals surface area contributed by atoms with E-state index >= 15 is 0 Å². The van der Waals surface area contributed by atoms with Gasteiger partial charge >= 0.3 is 0 Å². The van der Waals surface area contributed by atoms with Gasteiger partial charge in [-0.05, 0) is 42.5 Å². The summed E-state index contributed by atoms with van der Waals surface area (Å²) in [4.78, 5) is 13.7. The van der Waals surface area contributed by atoms with Crippen LogP contribution < -0.4 is 5.32 Å². The van der Waals surface area contributed by atoms with Gasteiger partial charge in [0.15, 0.2) is 0 Å². The Bertz CT molecular complexity index is 846. The second kappa shape index (κ2) is 8.94. The molecule has 3 heterocycles. The first-order chi connectivity index (χ1) is 12.6. The molecule has 0 radical (unpaired) electrons. The van der Waals surface area contributed by atoms with Crippen LogP contribution in [0.4, 0.5) is 0 Å². The van der Waals surface area contributed by atoms with E-state index in [1.54, 1.807) is 33.9 Å². The number of amides is 1. The van der Waals surface area contributed by atoms with Crippen molar-refractivity contribution < 1.29 is 13.2 Å². The average Bonchev–Trinajstić information content (AvgIpc) is 3.24. The minimum atomic E-state index is -3.42. The summed E-state index contributed by atoms with van der Waals surface area (Å²) in [5.41, 5.74) is 0. The molecule has 0 spiro atoms. The van der Waals surface area contributed by atoms with E-state index in [0.717, 1.165) is 35.4 Å². The first-order valence-electron chi connectivity index (χ1n) is 8.64. The molecule has 2 aromatic rings. The Kier molecular flexibility index (Phi) is 6.63. The molecule has 8 heteroatoms. The van der Waals surface area contributed by atoms with Crippen LogP contribution in [0.2, 0.25) is 0 Å². The summed E-state index contributed by atoms with van der Waals surface area (Å²) in [5, 5.41) is 4.75. The van der Waals surface area contributed by atoms with Crippen LogP contribution in [0.25, 0.3) is 6.08 Å². The van der Waals surface area contributed by atoms with E-state index in [1.807, 2.05) is 17.5 Å². The van der Waals surface area contributed by atoms with Gasteiger partial charge < -0.3 is 5.32 Å². The minimum absolute atomic E-state index is 0.191. The predicted octanol–water partition coefficient (Wildman–Crippen LogP) is 3.70. The summed E-state index contributed by atoms with van der Waals surface area (Å²) in [6.45, 7) is 1.52. The van der Waals surface area contributed by atoms with Crippen LogP contribution in [0.15, 0.2) is 39.9 Å². The van der Waals surface area contributed by atoms with E-state index in [0.29, 0.717) is 23.8 Å². The highest BCUT2D eigenvalue weighted by atomic mass is 32.2. The number of sulfonamides is 1. The quantitative estimate of drug-likeness (QED) is 0.739. The molecule has 3 rings (SSSR count). The Morgan fingerprint density at radius 1 is 1.15 bits per heavy atom. The maximum absolute atomic E-state index is 12.8. The van der Waals surface area contributed by atoms with Gasteiger partial charge in [0.2, 0.25) is 5.91 Å². The number of hydrogen-bond acceptors (Lipinski definition) is 5. The van der Waals surface area contributed by atoms with E-state index in [-0.39, 0.29) is 5.91 Å². The summed E-state index contributed by atoms with van der Waals surface area (Å²) in [7, 11) is -3.42. The second-order valence-corrected chi connectivity index (χ2v) is 10.4. The molecule has 0 atom stereocenters. The summed E-state index contributed by atoms with van der Waals surface area (Å²) in [6, 6.07) is 7.29. The molecule has 1 aliphatic heterocycles. The highest BCUT2D eigenvalue weighted by Crippen LogP contribution is 2.26. The molecule has 26 heavy (non-hydrogen) atoms. The van der Waals surface area contributed by atoms with Crippen molar-refractivity contribution in [2.75, 3.05) is 13.1 Å². The lowest BCUT2D eigenvalue weighted by atomic mass is 10.2. The van der Waals surface area contributed by atoms with Crippen LogP contribution in [-0.2, 0) is 21.4 Å². The summed E-state index contributed by atoms with van der Waals surface area (Å²) in [6.07, 6.45) is 7.28. The van der Waals surface area contributed by atoms with E-state index in [1.165, 1.54) is 17.4 Å². The van der Waals surface area contributed by atoms with Crippen molar-refractivity contribution in [3.05, 3.63) is 45.5 Å². The van der Waals surface area contributed by atoms with Crippen molar-refractivity contribution in [3.63, 3.8) is 0 Å². The zero-order valence-corrected chi connectivity index (χ0v) is 16.8. The second-order valence-electron chi connectivity index (χ2n) is 6.11. The molecule has 0 aromatic carbocycles. The van der Waals surface area contributed by atoms with Gasteiger partial charge in [0.25, 0.3) is 10.0 Å². The number of carbonyl (C=O) groups excluding carboxylic acids is 1. The summed E-state index contributed by atoms with van der Waals surface area (Å²) < 4.78 is 27.5. The topological polar surface area (TPSA) is 66.5 Å². The third-order valence-corrected chi connectivity index (χ3v) is 8.46. The number of nitrogens with zero attached hydrogens (tertiary/aromatic N) is 1. The maximum Gasteiger partial charge on any atom is 0.252 e. The average molecular weight is 411 g/mol. The highest BCUT2D eigenvalue weighted by molar-refractivity contribution is 7.91. The Balaban J connectivity index is 1.58. The van der Waals surface area contributed by atoms with Crippen LogP contribution >= 0.6 is 22.7 Å². The van der Waals surface area contributed by atoms with Gasteiger partial charge in [0.05, 0.1) is 6.54 Å². The molecular weight excluding hydrogens is 388 g/mol. The first-order valence-corrected chi connectivity index (χ1v) is 11.8. The minimum Gasteiger partial charge on any atom is -0.348 e. The maximum atomic E-state index is 12.8. The lowest BCUT2D eigenvalue weighted by Gasteiger charge is -2.18. The van der Waals surface area contributed by atoms with Crippen molar-refractivity contribution in [1.82, 2.24) is 9.62 Å². The van der Waals surface area contributed by atoms with Crippen LogP contribution in [0.5, 0.6) is 0 Å². The van der Waals surface area contributed by atoms with Crippen LogP contribution in [-0.4, -0.2) is 31.7 Å². The van der Waals surface area contributed by atoms with Gasteiger partial charge in [-0.15, -0.1) is 22.7 Å². The zero-order valence-electron chi connectivity index (χ0n) is 14.4. The molecule has 1 amide bonds. The molecule has 0 bridgehead atoms. The molecule has 0 unspecified atom stereocenters. The van der Waals surface area contributed by atoms with Crippen molar-refractivity contribution in [2.24, 2.45) is 0 Å². The first kappa shape index (κ1) is 19.3. The monoisotopic (exact) mass is 410 g/mol. The largest absolute Gasteiger partial charge is 0.348 e. The normalized spacial score (nSPS) is 16.6. The molecule has 140 valence electrons. The fourth-order valence-corrected chi connectivity index (χ4v) is 6.36. The van der Waals surface area contributed by atoms with Gasteiger partial charge in [-0.1, -0.05) is 18.9 Å². The molecule has 1 N–H and O–H groups in total. The number of rotatable bonds is 6. The van der Waals surface area contributed by atoms with E-state index in [9.17, 15) is 13.2 Å². The molecule has 0 saturated carbocycles.